The fourth-order valence-electron chi connectivity index (χ4n) is 2.65. The third kappa shape index (κ3) is 6.49. The molecule has 2 aromatic carbocycles. The molecule has 0 aliphatic rings. The van der Waals surface area contributed by atoms with Crippen LogP contribution in [0.5, 0.6) is 17.2 Å². The Morgan fingerprint density at radius 2 is 1.59 bits per heavy atom. The summed E-state index contributed by atoms with van der Waals surface area (Å²) in [4.78, 5) is 12.2. The highest BCUT2D eigenvalue weighted by Crippen LogP contribution is 2.38. The lowest BCUT2D eigenvalue weighted by atomic mass is 10.1. The van der Waals surface area contributed by atoms with E-state index in [0.717, 1.165) is 17.5 Å². The first kappa shape index (κ1) is 20.6. The van der Waals surface area contributed by atoms with Gasteiger partial charge in [0.05, 0.1) is 34.4 Å². The second-order valence-corrected chi connectivity index (χ2v) is 5.95. The van der Waals surface area contributed by atoms with E-state index >= 15 is 0 Å². The fourth-order valence-corrected chi connectivity index (χ4v) is 2.65. The van der Waals surface area contributed by atoms with Crippen LogP contribution in [-0.4, -0.2) is 40.4 Å². The lowest BCUT2D eigenvalue weighted by molar-refractivity contribution is -0.120. The Hall–Kier alpha value is -2.73. The molecule has 0 saturated heterocycles. The van der Waals surface area contributed by atoms with Crippen molar-refractivity contribution in [3.05, 3.63) is 53.6 Å². The zero-order chi connectivity index (χ0) is 19.5. The summed E-state index contributed by atoms with van der Waals surface area (Å²) in [5, 5.41) is 2.90. The van der Waals surface area contributed by atoms with Crippen LogP contribution in [0.1, 0.15) is 17.5 Å². The van der Waals surface area contributed by atoms with Gasteiger partial charge < -0.3 is 24.3 Å². The van der Waals surface area contributed by atoms with Crippen molar-refractivity contribution in [2.45, 2.75) is 19.4 Å². The van der Waals surface area contributed by atoms with Crippen LogP contribution in [0.4, 0.5) is 0 Å². The summed E-state index contributed by atoms with van der Waals surface area (Å²) in [5.74, 6) is 1.52. The maximum absolute atomic E-state index is 12.2. The van der Waals surface area contributed by atoms with E-state index in [1.165, 1.54) is 0 Å². The lowest BCUT2D eigenvalue weighted by Gasteiger charge is -2.14. The molecule has 0 spiro atoms. The molecule has 6 heteroatoms. The van der Waals surface area contributed by atoms with Crippen LogP contribution < -0.4 is 19.5 Å². The summed E-state index contributed by atoms with van der Waals surface area (Å²) in [6, 6.07) is 13.6. The van der Waals surface area contributed by atoms with Gasteiger partial charge in [-0.1, -0.05) is 30.3 Å². The average molecular weight is 373 g/mol. The molecule has 0 saturated carbocycles. The molecule has 0 aliphatic carbocycles. The van der Waals surface area contributed by atoms with Gasteiger partial charge in [-0.3, -0.25) is 4.79 Å². The van der Waals surface area contributed by atoms with Gasteiger partial charge in [0.2, 0.25) is 11.7 Å². The average Bonchev–Trinajstić information content (AvgIpc) is 2.70. The van der Waals surface area contributed by atoms with Crippen LogP contribution in [0, 0.1) is 0 Å². The third-order valence-electron chi connectivity index (χ3n) is 3.99. The minimum atomic E-state index is -0.0627. The van der Waals surface area contributed by atoms with Crippen LogP contribution in [0.2, 0.25) is 0 Å². The lowest BCUT2D eigenvalue weighted by Crippen LogP contribution is -2.26. The Balaban J connectivity index is 1.74. The summed E-state index contributed by atoms with van der Waals surface area (Å²) < 4.78 is 21.5. The maximum atomic E-state index is 12.2. The van der Waals surface area contributed by atoms with E-state index in [2.05, 4.69) is 5.32 Å². The Kier molecular flexibility index (Phi) is 8.45. The summed E-state index contributed by atoms with van der Waals surface area (Å²) in [7, 11) is 4.65. The van der Waals surface area contributed by atoms with Crippen molar-refractivity contribution in [2.75, 3.05) is 34.5 Å². The van der Waals surface area contributed by atoms with E-state index in [1.54, 1.807) is 33.5 Å². The van der Waals surface area contributed by atoms with E-state index in [-0.39, 0.29) is 12.3 Å². The van der Waals surface area contributed by atoms with Gasteiger partial charge in [-0.15, -0.1) is 0 Å². The van der Waals surface area contributed by atoms with Gasteiger partial charge in [0, 0.05) is 13.2 Å². The maximum Gasteiger partial charge on any atom is 0.224 e. The van der Waals surface area contributed by atoms with Crippen molar-refractivity contribution in [1.82, 2.24) is 5.32 Å². The molecule has 2 rings (SSSR count). The van der Waals surface area contributed by atoms with Gasteiger partial charge in [0.25, 0.3) is 0 Å². The number of hydrogen-bond acceptors (Lipinski definition) is 5. The number of amides is 1. The Bertz CT molecular complexity index is 693. The molecule has 0 aromatic heterocycles. The first-order valence-corrected chi connectivity index (χ1v) is 8.85. The highest BCUT2D eigenvalue weighted by atomic mass is 16.5. The zero-order valence-corrected chi connectivity index (χ0v) is 16.1. The predicted molar refractivity (Wildman–Crippen MR) is 104 cm³/mol. The van der Waals surface area contributed by atoms with Crippen molar-refractivity contribution in [3.8, 4) is 17.2 Å². The van der Waals surface area contributed by atoms with Crippen molar-refractivity contribution in [2.24, 2.45) is 0 Å². The monoisotopic (exact) mass is 373 g/mol. The van der Waals surface area contributed by atoms with Crippen LogP contribution in [0.3, 0.4) is 0 Å². The molecule has 146 valence electrons. The predicted octanol–water partition coefficient (Wildman–Crippen LogP) is 2.98. The molecule has 6 nitrogen and oxygen atoms in total. The molecular formula is C21H27NO5. The largest absolute Gasteiger partial charge is 0.493 e. The van der Waals surface area contributed by atoms with Crippen molar-refractivity contribution < 1.29 is 23.7 Å². The Morgan fingerprint density at radius 3 is 2.19 bits per heavy atom. The number of nitrogens with one attached hydrogen (secondary N) is 1. The van der Waals surface area contributed by atoms with Crippen LogP contribution >= 0.6 is 0 Å². The normalized spacial score (nSPS) is 10.3. The number of carbonyl (C=O) groups is 1. The van der Waals surface area contributed by atoms with Gasteiger partial charge in [0.15, 0.2) is 11.5 Å². The zero-order valence-electron chi connectivity index (χ0n) is 16.1. The number of carbonyl (C=O) groups excluding carboxylic acids is 1. The molecule has 1 N–H and O–H groups in total. The second kappa shape index (κ2) is 11.1. The summed E-state index contributed by atoms with van der Waals surface area (Å²) in [6.45, 7) is 1.75. The van der Waals surface area contributed by atoms with Crippen LogP contribution in [-0.2, 0) is 22.6 Å². The summed E-state index contributed by atoms with van der Waals surface area (Å²) >= 11 is 0. The van der Waals surface area contributed by atoms with Crippen molar-refractivity contribution in [1.29, 1.82) is 0 Å². The van der Waals surface area contributed by atoms with Gasteiger partial charge >= 0.3 is 0 Å². The summed E-state index contributed by atoms with van der Waals surface area (Å²) in [6.07, 6.45) is 0.995. The molecule has 27 heavy (non-hydrogen) atoms. The minimum Gasteiger partial charge on any atom is -0.493 e. The molecule has 0 radical (unpaired) electrons. The van der Waals surface area contributed by atoms with Gasteiger partial charge in [-0.25, -0.2) is 0 Å². The molecule has 0 unspecified atom stereocenters. The van der Waals surface area contributed by atoms with E-state index in [4.69, 9.17) is 18.9 Å². The fraction of sp³-hybridized carbons (Fsp3) is 0.381. The second-order valence-electron chi connectivity index (χ2n) is 5.95. The SMILES string of the molecule is COc1cc(CC(=O)NCCCOCc2ccccc2)cc(OC)c1OC. The summed E-state index contributed by atoms with van der Waals surface area (Å²) in [5.41, 5.74) is 1.94. The molecule has 0 heterocycles. The number of rotatable bonds is 11. The first-order chi connectivity index (χ1) is 13.2. The van der Waals surface area contributed by atoms with E-state index in [0.29, 0.717) is 37.0 Å². The molecular weight excluding hydrogens is 346 g/mol. The number of methoxy groups -OCH3 is 3. The highest BCUT2D eigenvalue weighted by Gasteiger charge is 2.14. The molecule has 0 aliphatic heterocycles. The molecule has 2 aromatic rings. The van der Waals surface area contributed by atoms with Crippen molar-refractivity contribution >= 4 is 5.91 Å². The van der Waals surface area contributed by atoms with E-state index in [1.807, 2.05) is 30.3 Å². The Morgan fingerprint density at radius 1 is 0.926 bits per heavy atom. The quantitative estimate of drug-likeness (QED) is 0.614. The molecule has 0 fully saturated rings. The van der Waals surface area contributed by atoms with Crippen LogP contribution in [0.15, 0.2) is 42.5 Å². The first-order valence-electron chi connectivity index (χ1n) is 8.85. The molecule has 0 bridgehead atoms. The third-order valence-corrected chi connectivity index (χ3v) is 3.99. The number of hydrogen-bond donors (Lipinski definition) is 1. The Labute approximate surface area is 160 Å². The van der Waals surface area contributed by atoms with Gasteiger partial charge in [-0.2, -0.15) is 0 Å². The van der Waals surface area contributed by atoms with Gasteiger partial charge in [-0.05, 0) is 29.7 Å². The number of benzene rings is 2. The topological polar surface area (TPSA) is 66.0 Å². The minimum absolute atomic E-state index is 0.0627. The smallest absolute Gasteiger partial charge is 0.224 e. The van der Waals surface area contributed by atoms with Crippen molar-refractivity contribution in [3.63, 3.8) is 0 Å². The van der Waals surface area contributed by atoms with Gasteiger partial charge in [0.1, 0.15) is 0 Å². The van der Waals surface area contributed by atoms with E-state index in [9.17, 15) is 4.79 Å². The highest BCUT2D eigenvalue weighted by molar-refractivity contribution is 5.79. The van der Waals surface area contributed by atoms with E-state index < -0.39 is 0 Å². The van der Waals surface area contributed by atoms with Crippen LogP contribution in [0.25, 0.3) is 0 Å². The number of ether oxygens (including phenoxy) is 4. The standard InChI is InChI=1S/C21H27NO5/c1-24-18-12-17(13-19(25-2)21(18)26-3)14-20(23)22-10-7-11-27-15-16-8-5-4-6-9-16/h4-6,8-9,12-13H,7,10-11,14-15H2,1-3H3,(H,22,23). The molecule has 1 amide bonds. The molecule has 0 atom stereocenters.